The van der Waals surface area contributed by atoms with Crippen LogP contribution in [0.25, 0.3) is 6.08 Å². The Morgan fingerprint density at radius 3 is 2.14 bits per heavy atom. The monoisotopic (exact) mass is 422 g/mol. The maximum atomic E-state index is 12.7. The molecular weight excluding hydrogens is 407 g/mol. The van der Waals surface area contributed by atoms with E-state index >= 15 is 0 Å². The van der Waals surface area contributed by atoms with E-state index in [0.717, 1.165) is 41.7 Å². The van der Waals surface area contributed by atoms with Gasteiger partial charge in [-0.3, -0.25) is 0 Å². The summed E-state index contributed by atoms with van der Waals surface area (Å²) in [5.41, 5.74) is 1.94. The van der Waals surface area contributed by atoms with Gasteiger partial charge in [0.05, 0.1) is 0 Å². The van der Waals surface area contributed by atoms with Crippen LogP contribution in [0.15, 0.2) is 59.7 Å². The van der Waals surface area contributed by atoms with Crippen molar-refractivity contribution >= 4 is 39.9 Å². The van der Waals surface area contributed by atoms with E-state index in [0.29, 0.717) is 0 Å². The standard InChI is InChI=1S/C15H13FO3S.Te/c1-12-2-4-13(5-3-12)10-11-19-20(17,18)15-8-6-14(16)7-9-15;/h2-11H,1H3;. The van der Waals surface area contributed by atoms with Crippen LogP contribution < -0.4 is 0 Å². The second-order valence-corrected chi connectivity index (χ2v) is 5.79. The van der Waals surface area contributed by atoms with Gasteiger partial charge in [0.2, 0.25) is 0 Å². The Morgan fingerprint density at radius 2 is 1.57 bits per heavy atom. The summed E-state index contributed by atoms with van der Waals surface area (Å²) >= 11 is 0. The molecule has 0 saturated heterocycles. The molecule has 0 atom stereocenters. The third kappa shape index (κ3) is 5.16. The molecule has 2 aromatic rings. The molecule has 110 valence electrons. The fourth-order valence-corrected chi connectivity index (χ4v) is 2.30. The van der Waals surface area contributed by atoms with Crippen molar-refractivity contribution in [2.24, 2.45) is 0 Å². The molecule has 0 amide bonds. The molecule has 0 N–H and O–H groups in total. The number of hydrogen-bond acceptors (Lipinski definition) is 3. The van der Waals surface area contributed by atoms with E-state index in [1.165, 1.54) is 0 Å². The minimum atomic E-state index is -3.91. The summed E-state index contributed by atoms with van der Waals surface area (Å²) in [5.74, 6) is -0.501. The first-order valence-electron chi connectivity index (χ1n) is 5.89. The van der Waals surface area contributed by atoms with Gasteiger partial charge in [0.15, 0.2) is 0 Å². The van der Waals surface area contributed by atoms with E-state index in [-0.39, 0.29) is 28.6 Å². The Labute approximate surface area is 140 Å². The zero-order valence-corrected chi connectivity index (χ0v) is 14.3. The van der Waals surface area contributed by atoms with Crippen molar-refractivity contribution in [1.29, 1.82) is 0 Å². The Balaban J connectivity index is 0.00000220. The largest absolute Gasteiger partial charge is 0.387 e. The van der Waals surface area contributed by atoms with Crippen molar-refractivity contribution in [3.05, 3.63) is 71.7 Å². The minimum Gasteiger partial charge on any atom is -0.387 e. The van der Waals surface area contributed by atoms with Gasteiger partial charge in [-0.25, -0.2) is 4.39 Å². The fraction of sp³-hybridized carbons (Fsp3) is 0.0667. The Hall–Kier alpha value is -1.35. The molecule has 0 spiro atoms. The van der Waals surface area contributed by atoms with E-state index in [2.05, 4.69) is 0 Å². The smallest absolute Gasteiger partial charge is 0.338 e. The number of benzene rings is 2. The van der Waals surface area contributed by atoms with Crippen LogP contribution in [0.4, 0.5) is 4.39 Å². The van der Waals surface area contributed by atoms with Crippen LogP contribution in [0.2, 0.25) is 0 Å². The van der Waals surface area contributed by atoms with Crippen LogP contribution in [-0.2, 0) is 14.3 Å². The molecule has 0 aliphatic heterocycles. The molecule has 0 saturated carbocycles. The van der Waals surface area contributed by atoms with Crippen molar-refractivity contribution in [1.82, 2.24) is 0 Å². The number of rotatable bonds is 4. The topological polar surface area (TPSA) is 43.4 Å². The molecule has 0 aromatic heterocycles. The Morgan fingerprint density at radius 1 is 1.00 bits per heavy atom. The van der Waals surface area contributed by atoms with Crippen molar-refractivity contribution in [3.8, 4) is 0 Å². The van der Waals surface area contributed by atoms with E-state index in [9.17, 15) is 12.8 Å². The van der Waals surface area contributed by atoms with Crippen LogP contribution in [-0.4, -0.2) is 32.1 Å². The molecule has 2 rings (SSSR count). The van der Waals surface area contributed by atoms with E-state index in [4.69, 9.17) is 4.18 Å². The van der Waals surface area contributed by atoms with Gasteiger partial charge in [-0.15, -0.1) is 0 Å². The third-order valence-electron chi connectivity index (χ3n) is 2.62. The number of halogens is 1. The number of hydrogen-bond donors (Lipinski definition) is 0. The normalized spacial score (nSPS) is 11.1. The first-order valence-corrected chi connectivity index (χ1v) is 7.30. The fourth-order valence-electron chi connectivity index (χ4n) is 1.51. The summed E-state index contributed by atoms with van der Waals surface area (Å²) in [7, 11) is -3.91. The van der Waals surface area contributed by atoms with E-state index in [1.54, 1.807) is 6.08 Å². The quantitative estimate of drug-likeness (QED) is 0.434. The van der Waals surface area contributed by atoms with Crippen molar-refractivity contribution < 1.29 is 17.0 Å². The van der Waals surface area contributed by atoms with Gasteiger partial charge in [0.1, 0.15) is 17.0 Å². The molecule has 3 nitrogen and oxygen atoms in total. The second kappa shape index (κ2) is 7.60. The average Bonchev–Trinajstić information content (AvgIpc) is 2.41. The van der Waals surface area contributed by atoms with Gasteiger partial charge in [0, 0.05) is 23.7 Å². The molecule has 0 bridgehead atoms. The first-order chi connectivity index (χ1) is 9.47. The number of aryl methyl sites for hydroxylation is 1. The summed E-state index contributed by atoms with van der Waals surface area (Å²) in [6.07, 6.45) is 2.64. The summed E-state index contributed by atoms with van der Waals surface area (Å²) in [6.45, 7) is 1.96. The SMILES string of the molecule is Cc1ccc(C=COS(=O)(=O)c2ccc(F)cc2)cc1.[Te]. The molecule has 2 aromatic carbocycles. The molecule has 2 radical (unpaired) electrons. The van der Waals surface area contributed by atoms with Crippen LogP contribution in [0.1, 0.15) is 11.1 Å². The molecule has 0 aliphatic rings. The van der Waals surface area contributed by atoms with Crippen LogP contribution in [0.5, 0.6) is 0 Å². The van der Waals surface area contributed by atoms with E-state index < -0.39 is 15.9 Å². The molecule has 0 heterocycles. The van der Waals surface area contributed by atoms with Gasteiger partial charge < -0.3 is 4.18 Å². The van der Waals surface area contributed by atoms with E-state index in [1.807, 2.05) is 31.2 Å². The van der Waals surface area contributed by atoms with Gasteiger partial charge in [-0.2, -0.15) is 8.42 Å². The summed E-state index contributed by atoms with van der Waals surface area (Å²) in [5, 5.41) is 0. The predicted octanol–water partition coefficient (Wildman–Crippen LogP) is 3.13. The summed E-state index contributed by atoms with van der Waals surface area (Å²) in [4.78, 5) is -0.0903. The summed E-state index contributed by atoms with van der Waals surface area (Å²) < 4.78 is 41.1. The van der Waals surface area contributed by atoms with Crippen LogP contribution >= 0.6 is 0 Å². The van der Waals surface area contributed by atoms with Gasteiger partial charge in [-0.1, -0.05) is 29.8 Å². The van der Waals surface area contributed by atoms with Crippen LogP contribution in [0, 0.1) is 12.7 Å². The van der Waals surface area contributed by atoms with Crippen molar-refractivity contribution in [3.63, 3.8) is 0 Å². The van der Waals surface area contributed by atoms with Crippen molar-refractivity contribution in [2.75, 3.05) is 0 Å². The molecule has 6 heteroatoms. The maximum Gasteiger partial charge on any atom is 0.338 e. The van der Waals surface area contributed by atoms with Gasteiger partial charge >= 0.3 is 10.1 Å². The first kappa shape index (κ1) is 17.7. The predicted molar refractivity (Wildman–Crippen MR) is 80.6 cm³/mol. The second-order valence-electron chi connectivity index (χ2n) is 4.22. The summed E-state index contributed by atoms with van der Waals surface area (Å²) in [6, 6.07) is 12.0. The van der Waals surface area contributed by atoms with Gasteiger partial charge in [-0.05, 0) is 42.8 Å². The molecule has 0 aliphatic carbocycles. The molecular formula is C15H13FO3STe. The Kier molecular flexibility index (Phi) is 6.41. The zero-order valence-electron chi connectivity index (χ0n) is 11.2. The van der Waals surface area contributed by atoms with Gasteiger partial charge in [0.25, 0.3) is 0 Å². The molecule has 0 fully saturated rings. The zero-order chi connectivity index (χ0) is 14.6. The molecule has 21 heavy (non-hydrogen) atoms. The maximum absolute atomic E-state index is 12.7. The van der Waals surface area contributed by atoms with Crippen molar-refractivity contribution in [2.45, 2.75) is 11.8 Å². The average molecular weight is 420 g/mol. The Bertz CT molecular complexity index is 708. The third-order valence-corrected chi connectivity index (χ3v) is 3.84. The molecule has 0 unspecified atom stereocenters. The van der Waals surface area contributed by atoms with Crippen LogP contribution in [0.3, 0.4) is 0 Å². The minimum absolute atomic E-state index is 0.